The van der Waals surface area contributed by atoms with Crippen molar-refractivity contribution in [3.8, 4) is 11.4 Å². The molecule has 9 heteroatoms. The quantitative estimate of drug-likeness (QED) is 0.153. The minimum absolute atomic E-state index is 0.185. The minimum atomic E-state index is -0.230. The number of nitrogens with zero attached hydrogens (tertiary/aromatic N) is 6. The van der Waals surface area contributed by atoms with Crippen LogP contribution in [0.2, 0.25) is 0 Å². The van der Waals surface area contributed by atoms with Crippen molar-refractivity contribution in [1.82, 2.24) is 23.8 Å². The van der Waals surface area contributed by atoms with Gasteiger partial charge in [-0.15, -0.1) is 0 Å². The average Bonchev–Trinajstić information content (AvgIpc) is 3.41. The van der Waals surface area contributed by atoms with Crippen LogP contribution in [0.3, 0.4) is 0 Å². The Hall–Kier alpha value is -3.46. The number of aromatic nitrogens is 4. The lowest BCUT2D eigenvalue weighted by Gasteiger charge is -2.20. The number of allylic oxidation sites excluding steroid dienone is 7. The van der Waals surface area contributed by atoms with Gasteiger partial charge in [0.15, 0.2) is 10.6 Å². The Bertz CT molecular complexity index is 1300. The van der Waals surface area contributed by atoms with E-state index in [1.807, 2.05) is 67.9 Å². The van der Waals surface area contributed by atoms with Crippen LogP contribution in [0.25, 0.3) is 11.4 Å². The highest BCUT2D eigenvalue weighted by Crippen LogP contribution is 2.34. The Kier molecular flexibility index (Phi) is 14.3. The van der Waals surface area contributed by atoms with Crippen LogP contribution in [0.15, 0.2) is 54.3 Å². The molecule has 0 unspecified atom stereocenters. The zero-order valence-electron chi connectivity index (χ0n) is 26.1. The number of hydrogen-bond donors (Lipinski definition) is 0. The van der Waals surface area contributed by atoms with Gasteiger partial charge in [-0.2, -0.15) is 5.10 Å². The second-order valence-corrected chi connectivity index (χ2v) is 10.4. The van der Waals surface area contributed by atoms with E-state index in [2.05, 4.69) is 38.7 Å². The first-order chi connectivity index (χ1) is 19.0. The number of carbonyl (C=O) groups excluding carboxylic acids is 2. The third kappa shape index (κ3) is 8.52. The van der Waals surface area contributed by atoms with Crippen LogP contribution in [0.4, 0.5) is 5.82 Å². The predicted molar refractivity (Wildman–Crippen MR) is 170 cm³/mol. The van der Waals surface area contributed by atoms with E-state index in [0.29, 0.717) is 34.9 Å². The van der Waals surface area contributed by atoms with E-state index in [1.165, 1.54) is 15.4 Å². The standard InChI is InChI=1S/C29H42N6O2S.C2H6/c1-10-12-14-15-22(5)23(16-13-11-2)18-35-26(24-19-32(8)29(38)33(24)9)25(28(37)31(6)7)27(30-35)34(20-36)17-21(3)4;1-2/h10,12-14,16,19-21H,1,11,15,17-18H2,2-9H3;1-2H3/b14-12-,16-13-,23-22+;. The van der Waals surface area contributed by atoms with Crippen molar-refractivity contribution in [2.24, 2.45) is 20.0 Å². The van der Waals surface area contributed by atoms with E-state index in [0.717, 1.165) is 30.5 Å². The van der Waals surface area contributed by atoms with Crippen LogP contribution in [-0.4, -0.2) is 56.8 Å². The summed E-state index contributed by atoms with van der Waals surface area (Å²) in [6.07, 6.45) is 14.3. The molecule has 2 rings (SSSR count). The summed E-state index contributed by atoms with van der Waals surface area (Å²) in [4.78, 5) is 29.0. The van der Waals surface area contributed by atoms with Crippen LogP contribution >= 0.6 is 12.2 Å². The molecule has 220 valence electrons. The Labute approximate surface area is 246 Å². The van der Waals surface area contributed by atoms with E-state index in [1.54, 1.807) is 20.2 Å². The molecule has 0 bridgehead atoms. The summed E-state index contributed by atoms with van der Waals surface area (Å²) < 4.78 is 6.16. The lowest BCUT2D eigenvalue weighted by atomic mass is 10.0. The molecular weight excluding hydrogens is 520 g/mol. The van der Waals surface area contributed by atoms with E-state index < -0.39 is 0 Å². The van der Waals surface area contributed by atoms with Gasteiger partial charge in [0.1, 0.15) is 11.3 Å². The third-order valence-electron chi connectivity index (χ3n) is 6.14. The normalized spacial score (nSPS) is 12.0. The number of anilines is 1. The molecule has 0 spiro atoms. The molecule has 0 saturated carbocycles. The number of imidazole rings is 1. The molecule has 0 aliphatic carbocycles. The third-order valence-corrected chi connectivity index (χ3v) is 6.70. The van der Waals surface area contributed by atoms with Gasteiger partial charge in [-0.05, 0) is 43.5 Å². The maximum Gasteiger partial charge on any atom is 0.259 e. The topological polar surface area (TPSA) is 68.3 Å². The fraction of sp³-hybridized carbons (Fsp3) is 0.484. The van der Waals surface area contributed by atoms with E-state index in [4.69, 9.17) is 17.3 Å². The van der Waals surface area contributed by atoms with Crippen LogP contribution in [0, 0.1) is 10.7 Å². The first kappa shape index (κ1) is 34.6. The van der Waals surface area contributed by atoms with Crippen LogP contribution in [0.1, 0.15) is 64.7 Å². The Morgan fingerprint density at radius 2 is 1.85 bits per heavy atom. The van der Waals surface area contributed by atoms with Crippen LogP contribution < -0.4 is 4.90 Å². The second kappa shape index (κ2) is 16.6. The fourth-order valence-electron chi connectivity index (χ4n) is 4.13. The summed E-state index contributed by atoms with van der Waals surface area (Å²) in [6, 6.07) is 0. The molecule has 0 aromatic carbocycles. The zero-order chi connectivity index (χ0) is 30.6. The molecule has 8 nitrogen and oxygen atoms in total. The molecule has 0 atom stereocenters. The number of hydrogen-bond acceptors (Lipinski definition) is 4. The molecule has 2 aromatic heterocycles. The van der Waals surface area contributed by atoms with Gasteiger partial charge in [0.25, 0.3) is 5.91 Å². The highest BCUT2D eigenvalue weighted by Gasteiger charge is 2.31. The average molecular weight is 569 g/mol. The second-order valence-electron chi connectivity index (χ2n) is 10.0. The highest BCUT2D eigenvalue weighted by molar-refractivity contribution is 7.71. The molecule has 2 amide bonds. The molecular formula is C31H48N6O2S. The lowest BCUT2D eigenvalue weighted by molar-refractivity contribution is -0.107. The molecule has 0 aliphatic heterocycles. The van der Waals surface area contributed by atoms with Crippen molar-refractivity contribution in [2.75, 3.05) is 25.5 Å². The molecule has 2 heterocycles. The number of carbonyl (C=O) groups is 2. The number of aryl methyl sites for hydroxylation is 1. The summed E-state index contributed by atoms with van der Waals surface area (Å²) in [5, 5.41) is 4.93. The molecule has 0 aliphatic rings. The van der Waals surface area contributed by atoms with Gasteiger partial charge in [-0.3, -0.25) is 19.2 Å². The molecule has 0 radical (unpaired) electrons. The number of amides is 2. The lowest BCUT2D eigenvalue weighted by Crippen LogP contribution is -2.30. The van der Waals surface area contributed by atoms with Crippen molar-refractivity contribution in [3.63, 3.8) is 0 Å². The summed E-state index contributed by atoms with van der Waals surface area (Å²) in [6.45, 7) is 16.9. The predicted octanol–water partition coefficient (Wildman–Crippen LogP) is 6.72. The highest BCUT2D eigenvalue weighted by atomic mass is 32.1. The first-order valence-electron chi connectivity index (χ1n) is 13.9. The van der Waals surface area contributed by atoms with Crippen molar-refractivity contribution in [3.05, 3.63) is 64.6 Å². The van der Waals surface area contributed by atoms with Crippen molar-refractivity contribution < 1.29 is 9.59 Å². The van der Waals surface area contributed by atoms with Gasteiger partial charge in [-0.25, -0.2) is 0 Å². The van der Waals surface area contributed by atoms with Gasteiger partial charge in [-0.1, -0.05) is 77.2 Å². The van der Waals surface area contributed by atoms with Gasteiger partial charge >= 0.3 is 0 Å². The van der Waals surface area contributed by atoms with E-state index >= 15 is 0 Å². The molecule has 40 heavy (non-hydrogen) atoms. The van der Waals surface area contributed by atoms with Gasteiger partial charge in [0, 0.05) is 40.9 Å². The Morgan fingerprint density at radius 3 is 2.33 bits per heavy atom. The van der Waals surface area contributed by atoms with Crippen molar-refractivity contribution in [1.29, 1.82) is 0 Å². The van der Waals surface area contributed by atoms with E-state index in [9.17, 15) is 9.59 Å². The summed E-state index contributed by atoms with van der Waals surface area (Å²) in [7, 11) is 7.16. The summed E-state index contributed by atoms with van der Waals surface area (Å²) in [5.74, 6) is 0.303. The van der Waals surface area contributed by atoms with Gasteiger partial charge in [0.2, 0.25) is 6.41 Å². The van der Waals surface area contributed by atoms with Crippen molar-refractivity contribution in [2.45, 2.75) is 60.9 Å². The smallest absolute Gasteiger partial charge is 0.259 e. The summed E-state index contributed by atoms with van der Waals surface area (Å²) in [5.41, 5.74) is 4.01. The molecule has 0 fully saturated rings. The van der Waals surface area contributed by atoms with Crippen LogP contribution in [0.5, 0.6) is 0 Å². The molecule has 0 N–H and O–H groups in total. The maximum absolute atomic E-state index is 13.7. The SMILES string of the molecule is C=C/C=C\C/C(C)=C(\C=C/CC)Cn1nc(N(C=O)CC(C)C)c(C(=O)N(C)C)c1-c1cn(C)c(=S)n1C.CC. The largest absolute Gasteiger partial charge is 0.345 e. The maximum atomic E-state index is 13.7. The summed E-state index contributed by atoms with van der Waals surface area (Å²) >= 11 is 5.60. The number of rotatable bonds is 13. The Balaban J connectivity index is 0.00000391. The van der Waals surface area contributed by atoms with Gasteiger partial charge in [0.05, 0.1) is 12.2 Å². The molecule has 2 aromatic rings. The van der Waals surface area contributed by atoms with Crippen molar-refractivity contribution >= 4 is 30.4 Å². The van der Waals surface area contributed by atoms with E-state index in [-0.39, 0.29) is 11.8 Å². The fourth-order valence-corrected chi connectivity index (χ4v) is 4.28. The zero-order valence-corrected chi connectivity index (χ0v) is 26.9. The first-order valence-corrected chi connectivity index (χ1v) is 14.3. The minimum Gasteiger partial charge on any atom is -0.345 e. The van der Waals surface area contributed by atoms with Crippen LogP contribution in [-0.2, 0) is 25.4 Å². The molecule has 0 saturated heterocycles. The Morgan fingerprint density at radius 1 is 1.20 bits per heavy atom. The van der Waals surface area contributed by atoms with Gasteiger partial charge < -0.3 is 14.0 Å². The monoisotopic (exact) mass is 568 g/mol.